The Balaban J connectivity index is 2.55. The minimum atomic E-state index is -0.444. The van der Waals surface area contributed by atoms with E-state index < -0.39 is 5.41 Å². The lowest BCUT2D eigenvalue weighted by atomic mass is 9.66. The average Bonchev–Trinajstić information content (AvgIpc) is 3.03. The highest BCUT2D eigenvalue weighted by molar-refractivity contribution is 5.78. The van der Waals surface area contributed by atoms with Gasteiger partial charge in [-0.2, -0.15) is 0 Å². The third kappa shape index (κ3) is 3.43. The summed E-state index contributed by atoms with van der Waals surface area (Å²) in [5.74, 6) is 0. The molecule has 0 atom stereocenters. The monoisotopic (exact) mass is 376 g/mol. The maximum Gasteiger partial charge on any atom is 0.0713 e. The van der Waals surface area contributed by atoms with Crippen molar-refractivity contribution in [3.63, 3.8) is 0 Å². The van der Waals surface area contributed by atoms with E-state index in [0.29, 0.717) is 0 Å². The van der Waals surface area contributed by atoms with E-state index in [1.807, 2.05) is 19.1 Å². The number of benzene rings is 2. The van der Waals surface area contributed by atoms with Gasteiger partial charge in [0, 0.05) is 0 Å². The Labute approximate surface area is 175 Å². The van der Waals surface area contributed by atoms with Crippen LogP contribution in [0.2, 0.25) is 0 Å². The molecule has 0 saturated carbocycles. The van der Waals surface area contributed by atoms with E-state index in [4.69, 9.17) is 0 Å². The van der Waals surface area contributed by atoms with Gasteiger partial charge in [0.25, 0.3) is 0 Å². The molecule has 2 aromatic carbocycles. The van der Waals surface area contributed by atoms with Crippen LogP contribution >= 0.6 is 0 Å². The van der Waals surface area contributed by atoms with Crippen molar-refractivity contribution in [1.82, 2.24) is 0 Å². The molecule has 1 aliphatic rings. The van der Waals surface area contributed by atoms with Crippen LogP contribution in [0.3, 0.4) is 0 Å². The molecule has 144 valence electrons. The van der Waals surface area contributed by atoms with Gasteiger partial charge in [-0.1, -0.05) is 122 Å². The summed E-state index contributed by atoms with van der Waals surface area (Å²) in [4.78, 5) is 0. The molecule has 0 radical (unpaired) electrons. The number of hydrogen-bond acceptors (Lipinski definition) is 0. The van der Waals surface area contributed by atoms with Gasteiger partial charge in [0.1, 0.15) is 0 Å². The summed E-state index contributed by atoms with van der Waals surface area (Å²) in [5, 5.41) is 0. The molecule has 0 amide bonds. The van der Waals surface area contributed by atoms with Gasteiger partial charge in [-0.3, -0.25) is 0 Å². The van der Waals surface area contributed by atoms with E-state index in [0.717, 1.165) is 0 Å². The summed E-state index contributed by atoms with van der Waals surface area (Å²) < 4.78 is 0. The summed E-state index contributed by atoms with van der Waals surface area (Å²) in [6.45, 7) is 12.4. The van der Waals surface area contributed by atoms with E-state index in [2.05, 4.69) is 117 Å². The molecule has 0 aromatic heterocycles. The predicted molar refractivity (Wildman–Crippen MR) is 127 cm³/mol. The fourth-order valence-corrected chi connectivity index (χ4v) is 4.32. The number of hydrogen-bond donors (Lipinski definition) is 0. The van der Waals surface area contributed by atoms with Crippen LogP contribution < -0.4 is 0 Å². The molecule has 0 spiro atoms. The molecule has 0 fully saturated rings. The Bertz CT molecular complexity index is 982. The van der Waals surface area contributed by atoms with Crippen molar-refractivity contribution >= 4 is 0 Å². The summed E-state index contributed by atoms with van der Waals surface area (Å²) in [7, 11) is 0. The van der Waals surface area contributed by atoms with Gasteiger partial charge in [0.2, 0.25) is 0 Å². The van der Waals surface area contributed by atoms with Crippen LogP contribution in [-0.2, 0) is 5.41 Å². The van der Waals surface area contributed by atoms with Gasteiger partial charge < -0.3 is 0 Å². The first-order valence-corrected chi connectivity index (χ1v) is 10.0. The molecule has 0 N–H and O–H groups in total. The molecule has 0 heterocycles. The van der Waals surface area contributed by atoms with Crippen molar-refractivity contribution in [2.24, 2.45) is 0 Å². The second kappa shape index (κ2) is 9.21. The molecule has 1 aliphatic carbocycles. The Morgan fingerprint density at radius 2 is 1.34 bits per heavy atom. The smallest absolute Gasteiger partial charge is 0.0713 e. The summed E-state index contributed by atoms with van der Waals surface area (Å²) in [6, 6.07) is 21.4. The first kappa shape index (κ1) is 20.4. The summed E-state index contributed by atoms with van der Waals surface area (Å²) >= 11 is 0. The van der Waals surface area contributed by atoms with Crippen molar-refractivity contribution in [2.45, 2.75) is 19.3 Å². The highest BCUT2D eigenvalue weighted by Crippen LogP contribution is 2.56. The molecule has 3 rings (SSSR count). The van der Waals surface area contributed by atoms with Crippen molar-refractivity contribution in [3.05, 3.63) is 156 Å². The SMILES string of the molecule is C=C\C=C1/C(=C\C=C\C)C(/C=C\C)=C(C=C)C1(c1ccccc1)c1ccccc1. The van der Waals surface area contributed by atoms with Crippen LogP contribution in [0.5, 0.6) is 0 Å². The quantitative estimate of drug-likeness (QED) is 0.485. The molecular formula is C29H28. The molecule has 0 aliphatic heterocycles. The maximum atomic E-state index is 4.24. The van der Waals surface area contributed by atoms with E-state index in [1.54, 1.807) is 0 Å². The molecule has 0 saturated heterocycles. The summed E-state index contributed by atoms with van der Waals surface area (Å²) in [5.41, 5.74) is 6.80. The lowest BCUT2D eigenvalue weighted by Crippen LogP contribution is -2.29. The first-order valence-electron chi connectivity index (χ1n) is 10.0. The van der Waals surface area contributed by atoms with Crippen molar-refractivity contribution in [2.75, 3.05) is 0 Å². The fourth-order valence-electron chi connectivity index (χ4n) is 4.32. The molecule has 29 heavy (non-hydrogen) atoms. The Morgan fingerprint density at radius 1 is 0.759 bits per heavy atom. The zero-order valence-electron chi connectivity index (χ0n) is 17.3. The van der Waals surface area contributed by atoms with Gasteiger partial charge in [-0.25, -0.2) is 0 Å². The van der Waals surface area contributed by atoms with Crippen LogP contribution in [0.4, 0.5) is 0 Å². The van der Waals surface area contributed by atoms with Crippen LogP contribution in [0.15, 0.2) is 145 Å². The van der Waals surface area contributed by atoms with Gasteiger partial charge in [0.15, 0.2) is 0 Å². The summed E-state index contributed by atoms with van der Waals surface area (Å²) in [6.07, 6.45) is 16.7. The minimum Gasteiger partial charge on any atom is -0.0991 e. The third-order valence-corrected chi connectivity index (χ3v) is 5.37. The highest BCUT2D eigenvalue weighted by atomic mass is 14.5. The molecule has 0 bridgehead atoms. The topological polar surface area (TPSA) is 0 Å². The minimum absolute atomic E-state index is 0.444. The van der Waals surface area contributed by atoms with E-state index in [9.17, 15) is 0 Å². The largest absolute Gasteiger partial charge is 0.0991 e. The average molecular weight is 377 g/mol. The second-order valence-electron chi connectivity index (χ2n) is 6.94. The lowest BCUT2D eigenvalue weighted by Gasteiger charge is -2.35. The highest BCUT2D eigenvalue weighted by Gasteiger charge is 2.47. The van der Waals surface area contributed by atoms with Gasteiger partial charge in [0.05, 0.1) is 5.41 Å². The van der Waals surface area contributed by atoms with Crippen LogP contribution in [-0.4, -0.2) is 0 Å². The predicted octanol–water partition coefficient (Wildman–Crippen LogP) is 7.66. The standard InChI is InChI=1S/C29H28/c1-5-9-22-26-25(16-6-2)27(8-4)29(28(26)17-7-3,23-18-12-10-13-19-23)24-20-14-11-15-21-24/h5-22H,3-4H2,1-2H3/b9-5+,16-6-,26-22-,28-17+. The van der Waals surface area contributed by atoms with Gasteiger partial charge in [-0.15, -0.1) is 0 Å². The van der Waals surface area contributed by atoms with E-state index in [-0.39, 0.29) is 0 Å². The van der Waals surface area contributed by atoms with Gasteiger partial charge >= 0.3 is 0 Å². The van der Waals surface area contributed by atoms with Crippen molar-refractivity contribution in [3.8, 4) is 0 Å². The third-order valence-electron chi connectivity index (χ3n) is 5.37. The van der Waals surface area contributed by atoms with Crippen LogP contribution in [0.1, 0.15) is 25.0 Å². The maximum absolute atomic E-state index is 4.24. The Kier molecular flexibility index (Phi) is 6.46. The fraction of sp³-hybridized carbons (Fsp3) is 0.103. The number of allylic oxidation sites excluding steroid dienone is 12. The zero-order valence-corrected chi connectivity index (χ0v) is 17.3. The van der Waals surface area contributed by atoms with Crippen molar-refractivity contribution in [1.29, 1.82) is 0 Å². The normalized spacial score (nSPS) is 19.0. The van der Waals surface area contributed by atoms with E-state index in [1.165, 1.54) is 33.4 Å². The molecule has 2 aromatic rings. The molecular weight excluding hydrogens is 348 g/mol. The van der Waals surface area contributed by atoms with Crippen LogP contribution in [0, 0.1) is 0 Å². The number of rotatable bonds is 6. The van der Waals surface area contributed by atoms with Gasteiger partial charge in [-0.05, 0) is 47.3 Å². The molecule has 0 heteroatoms. The second-order valence-corrected chi connectivity index (χ2v) is 6.94. The Hall–Kier alpha value is -3.38. The lowest BCUT2D eigenvalue weighted by molar-refractivity contribution is 0.758. The Morgan fingerprint density at radius 3 is 1.79 bits per heavy atom. The molecule has 0 unspecified atom stereocenters. The molecule has 0 nitrogen and oxygen atoms in total. The van der Waals surface area contributed by atoms with Crippen LogP contribution in [0.25, 0.3) is 0 Å². The van der Waals surface area contributed by atoms with Crippen molar-refractivity contribution < 1.29 is 0 Å². The van der Waals surface area contributed by atoms with E-state index >= 15 is 0 Å². The first-order chi connectivity index (χ1) is 14.2. The zero-order chi connectivity index (χ0) is 20.7.